The van der Waals surface area contributed by atoms with Gasteiger partial charge in [-0.05, 0) is 60.6 Å². The molecule has 0 spiro atoms. The molecule has 0 bridgehead atoms. The molecule has 0 saturated heterocycles. The van der Waals surface area contributed by atoms with Gasteiger partial charge in [-0.25, -0.2) is 14.0 Å². The van der Waals surface area contributed by atoms with Crippen LogP contribution in [0.25, 0.3) is 11.3 Å². The number of phenolic OH excluding ortho intramolecular Hbond substituents is 1. The lowest BCUT2D eigenvalue weighted by molar-refractivity contribution is 0.314. The summed E-state index contributed by atoms with van der Waals surface area (Å²) >= 11 is 0. The van der Waals surface area contributed by atoms with Crippen molar-refractivity contribution in [2.75, 3.05) is 28.7 Å². The average molecular weight is 436 g/mol. The minimum absolute atomic E-state index is 0.104. The molecule has 0 unspecified atom stereocenters. The number of phenols is 1. The molecule has 32 heavy (non-hydrogen) atoms. The maximum Gasteiger partial charge on any atom is 0.245 e. The van der Waals surface area contributed by atoms with Crippen LogP contribution in [0, 0.1) is 5.82 Å². The predicted octanol–water partition coefficient (Wildman–Crippen LogP) is 3.89. The highest BCUT2D eigenvalue weighted by Crippen LogP contribution is 2.25. The molecule has 0 aliphatic rings. The second-order valence-electron chi connectivity index (χ2n) is 6.75. The van der Waals surface area contributed by atoms with Gasteiger partial charge in [-0.15, -0.1) is 0 Å². The summed E-state index contributed by atoms with van der Waals surface area (Å²) in [5.41, 5.74) is 5.23. The van der Waals surface area contributed by atoms with Gasteiger partial charge in [0, 0.05) is 36.1 Å². The summed E-state index contributed by atoms with van der Waals surface area (Å²) in [6.45, 7) is 5.79. The van der Waals surface area contributed by atoms with Crippen LogP contribution in [0.15, 0.2) is 52.2 Å². The number of halogens is 1. The summed E-state index contributed by atoms with van der Waals surface area (Å²) in [4.78, 5) is 10.7. The highest BCUT2D eigenvalue weighted by molar-refractivity contribution is 5.85. The van der Waals surface area contributed by atoms with Crippen LogP contribution in [-0.4, -0.2) is 44.7 Å². The van der Waals surface area contributed by atoms with E-state index < -0.39 is 0 Å². The minimum atomic E-state index is -0.354. The fourth-order valence-electron chi connectivity index (χ4n) is 3.06. The first-order chi connectivity index (χ1) is 15.6. The van der Waals surface area contributed by atoms with E-state index in [1.807, 2.05) is 6.07 Å². The minimum Gasteiger partial charge on any atom is -0.507 e. The third-order valence-corrected chi connectivity index (χ3v) is 4.74. The zero-order valence-electron chi connectivity index (χ0n) is 17.4. The number of hydrogen-bond acceptors (Lipinski definition) is 10. The molecule has 0 fully saturated rings. The van der Waals surface area contributed by atoms with Crippen molar-refractivity contribution in [1.82, 2.24) is 20.3 Å². The van der Waals surface area contributed by atoms with Crippen molar-refractivity contribution in [3.05, 3.63) is 53.8 Å². The first kappa shape index (κ1) is 21.0. The molecule has 0 saturated carbocycles. The number of aromatic hydroxyl groups is 1. The van der Waals surface area contributed by atoms with Crippen LogP contribution in [-0.2, 0) is 0 Å². The van der Waals surface area contributed by atoms with Crippen molar-refractivity contribution in [2.45, 2.75) is 13.8 Å². The number of anilines is 4. The lowest BCUT2D eigenvalue weighted by Crippen LogP contribution is -2.21. The van der Waals surface area contributed by atoms with E-state index in [0.29, 0.717) is 11.3 Å². The summed E-state index contributed by atoms with van der Waals surface area (Å²) in [6.07, 6.45) is 1.47. The summed E-state index contributed by atoms with van der Waals surface area (Å²) < 4.78 is 17.9. The van der Waals surface area contributed by atoms with Crippen LogP contribution in [0.5, 0.6) is 5.75 Å². The van der Waals surface area contributed by atoms with Crippen LogP contribution in [0.4, 0.5) is 27.4 Å². The monoisotopic (exact) mass is 436 g/mol. The summed E-state index contributed by atoms with van der Waals surface area (Å²) in [5.74, 6) is 0.283. The molecule has 2 aromatic carbocycles. The number of benzene rings is 2. The van der Waals surface area contributed by atoms with Gasteiger partial charge in [-0.2, -0.15) is 10.1 Å². The summed E-state index contributed by atoms with van der Waals surface area (Å²) in [7, 11) is 0. The Labute approximate surface area is 182 Å². The van der Waals surface area contributed by atoms with E-state index >= 15 is 0 Å². The molecule has 0 amide bonds. The Morgan fingerprint density at radius 3 is 2.38 bits per heavy atom. The Hall–Kier alpha value is -4.28. The molecule has 2 heterocycles. The Morgan fingerprint density at radius 2 is 1.72 bits per heavy atom. The SMILES string of the molecule is CCN(CC)c1ccc(/C=N/Nc2nc3nonc3nc2Nc2ccc(F)cc2)c(O)c1. The van der Waals surface area contributed by atoms with E-state index in [2.05, 4.69) is 59.5 Å². The second-order valence-corrected chi connectivity index (χ2v) is 6.75. The maximum atomic E-state index is 13.2. The number of fused-ring (bicyclic) bond motifs is 1. The van der Waals surface area contributed by atoms with Crippen molar-refractivity contribution < 1.29 is 14.1 Å². The smallest absolute Gasteiger partial charge is 0.245 e. The topological polar surface area (TPSA) is 125 Å². The first-order valence-electron chi connectivity index (χ1n) is 9.97. The van der Waals surface area contributed by atoms with Gasteiger partial charge < -0.3 is 15.3 Å². The second kappa shape index (κ2) is 9.25. The average Bonchev–Trinajstić information content (AvgIpc) is 3.25. The number of hydrogen-bond donors (Lipinski definition) is 3. The zero-order chi connectivity index (χ0) is 22.5. The molecule has 11 heteroatoms. The summed E-state index contributed by atoms with van der Waals surface area (Å²) in [6, 6.07) is 11.2. The molecule has 164 valence electrons. The van der Waals surface area contributed by atoms with Gasteiger partial charge in [0.2, 0.25) is 11.3 Å². The van der Waals surface area contributed by atoms with E-state index in [1.54, 1.807) is 24.3 Å². The van der Waals surface area contributed by atoms with E-state index in [0.717, 1.165) is 18.8 Å². The van der Waals surface area contributed by atoms with E-state index in [-0.39, 0.29) is 34.5 Å². The Bertz CT molecular complexity index is 1240. The van der Waals surface area contributed by atoms with Gasteiger partial charge in [0.05, 0.1) is 6.21 Å². The molecule has 0 aliphatic carbocycles. The maximum absolute atomic E-state index is 13.2. The molecule has 0 aliphatic heterocycles. The van der Waals surface area contributed by atoms with Crippen molar-refractivity contribution in [2.24, 2.45) is 5.10 Å². The fraction of sp³-hybridized carbons (Fsp3) is 0.190. The molecule has 10 nitrogen and oxygen atoms in total. The van der Waals surface area contributed by atoms with E-state index in [4.69, 9.17) is 0 Å². The van der Waals surface area contributed by atoms with Crippen LogP contribution in [0.3, 0.4) is 0 Å². The number of hydrazone groups is 1. The zero-order valence-corrected chi connectivity index (χ0v) is 17.4. The molecule has 4 aromatic rings. The predicted molar refractivity (Wildman–Crippen MR) is 120 cm³/mol. The molecule has 3 N–H and O–H groups in total. The molecular weight excluding hydrogens is 415 g/mol. The Morgan fingerprint density at radius 1 is 1.03 bits per heavy atom. The molecule has 0 atom stereocenters. The highest BCUT2D eigenvalue weighted by atomic mass is 19.1. The lowest BCUT2D eigenvalue weighted by atomic mass is 10.2. The van der Waals surface area contributed by atoms with Crippen molar-refractivity contribution in [3.63, 3.8) is 0 Å². The summed E-state index contributed by atoms with van der Waals surface area (Å²) in [5, 5.41) is 24.9. The largest absolute Gasteiger partial charge is 0.507 e. The third-order valence-electron chi connectivity index (χ3n) is 4.74. The van der Waals surface area contributed by atoms with Gasteiger partial charge in [0.1, 0.15) is 11.6 Å². The van der Waals surface area contributed by atoms with E-state index in [1.165, 1.54) is 18.3 Å². The fourth-order valence-corrected chi connectivity index (χ4v) is 3.06. The molecule has 4 rings (SSSR count). The number of rotatable bonds is 8. The van der Waals surface area contributed by atoms with Crippen molar-refractivity contribution >= 4 is 40.5 Å². The van der Waals surface area contributed by atoms with Crippen LogP contribution in [0.2, 0.25) is 0 Å². The molecule has 2 aromatic heterocycles. The number of aromatic nitrogens is 4. The highest BCUT2D eigenvalue weighted by Gasteiger charge is 2.13. The van der Waals surface area contributed by atoms with Gasteiger partial charge in [0.15, 0.2) is 11.6 Å². The van der Waals surface area contributed by atoms with Gasteiger partial charge in [-0.3, -0.25) is 5.43 Å². The van der Waals surface area contributed by atoms with Gasteiger partial charge in [-0.1, -0.05) is 0 Å². The van der Waals surface area contributed by atoms with Gasteiger partial charge in [0.25, 0.3) is 0 Å². The normalized spacial score (nSPS) is 11.2. The third kappa shape index (κ3) is 4.56. The quantitative estimate of drug-likeness (QED) is 0.279. The number of nitrogens with one attached hydrogen (secondary N) is 2. The van der Waals surface area contributed by atoms with Crippen molar-refractivity contribution in [3.8, 4) is 5.75 Å². The Balaban J connectivity index is 1.57. The van der Waals surface area contributed by atoms with E-state index in [9.17, 15) is 9.50 Å². The first-order valence-corrected chi connectivity index (χ1v) is 9.97. The van der Waals surface area contributed by atoms with Crippen molar-refractivity contribution in [1.29, 1.82) is 0 Å². The van der Waals surface area contributed by atoms with Crippen LogP contribution in [0.1, 0.15) is 19.4 Å². The molecular formula is C21H21FN8O2. The standard InChI is InChI=1S/C21H21FN8O2/c1-3-30(4-2)16-10-5-13(17(31)11-16)12-23-27-19-18(24-15-8-6-14(22)7-9-15)25-20-21(26-19)29-32-28-20/h5-12,31H,3-4H2,1-2H3,(H,24,25,28)(H,26,27,29)/b23-12+. The number of nitrogens with zero attached hydrogens (tertiary/aromatic N) is 6. The van der Waals surface area contributed by atoms with Crippen LogP contribution < -0.4 is 15.6 Å². The van der Waals surface area contributed by atoms with Gasteiger partial charge >= 0.3 is 0 Å². The lowest BCUT2D eigenvalue weighted by Gasteiger charge is -2.21. The Kier molecular flexibility index (Phi) is 6.06. The van der Waals surface area contributed by atoms with Crippen LogP contribution >= 0.6 is 0 Å². The molecule has 0 radical (unpaired) electrons.